The third kappa shape index (κ3) is 2.08. The summed E-state index contributed by atoms with van der Waals surface area (Å²) in [5, 5.41) is 11.6. The molecule has 76 valence electrons. The summed E-state index contributed by atoms with van der Waals surface area (Å²) in [6, 6.07) is 0. The van der Waals surface area contributed by atoms with Crippen LogP contribution in [0.1, 0.15) is 29.8 Å². The number of hydrazine groups is 1. The molecule has 1 aliphatic heterocycles. The summed E-state index contributed by atoms with van der Waals surface area (Å²) in [5.41, 5.74) is 3.12. The van der Waals surface area contributed by atoms with Gasteiger partial charge in [-0.1, -0.05) is 6.42 Å². The summed E-state index contributed by atoms with van der Waals surface area (Å²) in [7, 11) is 0. The van der Waals surface area contributed by atoms with E-state index in [0.717, 1.165) is 25.9 Å². The molecular formula is C8H13N5O. The van der Waals surface area contributed by atoms with Gasteiger partial charge in [-0.3, -0.25) is 10.2 Å². The summed E-state index contributed by atoms with van der Waals surface area (Å²) in [6.45, 7) is 1.84. The van der Waals surface area contributed by atoms with Crippen molar-refractivity contribution in [3.05, 3.63) is 11.9 Å². The maximum atomic E-state index is 11.5. The quantitative estimate of drug-likeness (QED) is 0.693. The zero-order valence-electron chi connectivity index (χ0n) is 7.86. The monoisotopic (exact) mass is 195 g/mol. The lowest BCUT2D eigenvalue weighted by Crippen LogP contribution is -2.45. The second-order valence-electron chi connectivity index (χ2n) is 3.34. The number of hydrogen-bond acceptors (Lipinski definition) is 4. The van der Waals surface area contributed by atoms with Gasteiger partial charge in [-0.2, -0.15) is 15.4 Å². The maximum absolute atomic E-state index is 11.5. The molecule has 1 aliphatic rings. The van der Waals surface area contributed by atoms with Gasteiger partial charge in [0.1, 0.15) is 0 Å². The van der Waals surface area contributed by atoms with Crippen LogP contribution in [0, 0.1) is 0 Å². The molecule has 0 radical (unpaired) electrons. The molecule has 6 heteroatoms. The van der Waals surface area contributed by atoms with Crippen LogP contribution in [-0.2, 0) is 0 Å². The summed E-state index contributed by atoms with van der Waals surface area (Å²) in [6.07, 6.45) is 4.94. The molecule has 0 spiro atoms. The van der Waals surface area contributed by atoms with E-state index in [1.807, 2.05) is 5.01 Å². The largest absolute Gasteiger partial charge is 0.287 e. The lowest BCUT2D eigenvalue weighted by molar-refractivity contribution is 0.0744. The van der Waals surface area contributed by atoms with Crippen LogP contribution in [0.25, 0.3) is 0 Å². The molecule has 14 heavy (non-hydrogen) atoms. The Morgan fingerprint density at radius 1 is 1.43 bits per heavy atom. The molecule has 0 aliphatic carbocycles. The van der Waals surface area contributed by atoms with E-state index < -0.39 is 0 Å². The number of nitrogens with zero attached hydrogens (tertiary/aromatic N) is 3. The Bertz CT molecular complexity index is 291. The highest BCUT2D eigenvalue weighted by Gasteiger charge is 2.15. The standard InChI is InChI=1S/C8H13N5O/c14-8(7-6-9-12-10-7)11-13-4-2-1-3-5-13/h6H,1-5H2,(H,11,14)(H,9,10,12). The number of piperidine rings is 1. The minimum absolute atomic E-state index is 0.194. The first kappa shape index (κ1) is 9.14. The molecule has 0 saturated carbocycles. The molecule has 6 nitrogen and oxygen atoms in total. The Hall–Kier alpha value is -1.43. The van der Waals surface area contributed by atoms with E-state index in [1.165, 1.54) is 12.6 Å². The van der Waals surface area contributed by atoms with Crippen molar-refractivity contribution in [3.63, 3.8) is 0 Å². The topological polar surface area (TPSA) is 73.9 Å². The SMILES string of the molecule is O=C(NN1CCCCC1)c1cn[nH]n1. The lowest BCUT2D eigenvalue weighted by Gasteiger charge is -2.26. The molecule has 1 fully saturated rings. The van der Waals surface area contributed by atoms with Gasteiger partial charge >= 0.3 is 0 Å². The smallest absolute Gasteiger partial charge is 0.283 e. The van der Waals surface area contributed by atoms with Crippen LogP contribution in [0.5, 0.6) is 0 Å². The van der Waals surface area contributed by atoms with Crippen molar-refractivity contribution in [3.8, 4) is 0 Å². The highest BCUT2D eigenvalue weighted by Crippen LogP contribution is 2.06. The van der Waals surface area contributed by atoms with Gasteiger partial charge in [-0.25, -0.2) is 5.01 Å². The van der Waals surface area contributed by atoms with Crippen molar-refractivity contribution in [2.75, 3.05) is 13.1 Å². The van der Waals surface area contributed by atoms with Gasteiger partial charge < -0.3 is 0 Å². The molecule has 0 aromatic carbocycles. The number of nitrogens with one attached hydrogen (secondary N) is 2. The van der Waals surface area contributed by atoms with Crippen molar-refractivity contribution in [1.29, 1.82) is 0 Å². The molecule has 1 amide bonds. The van der Waals surface area contributed by atoms with Gasteiger partial charge in [-0.15, -0.1) is 0 Å². The molecule has 0 unspecified atom stereocenters. The van der Waals surface area contributed by atoms with Crippen LogP contribution in [0.15, 0.2) is 6.20 Å². The normalized spacial score (nSPS) is 18.0. The van der Waals surface area contributed by atoms with E-state index >= 15 is 0 Å². The fourth-order valence-electron chi connectivity index (χ4n) is 1.52. The van der Waals surface area contributed by atoms with Gasteiger partial charge in [0.05, 0.1) is 6.20 Å². The number of hydrogen-bond donors (Lipinski definition) is 2. The Balaban J connectivity index is 1.87. The Morgan fingerprint density at radius 3 is 2.86 bits per heavy atom. The first-order valence-corrected chi connectivity index (χ1v) is 4.78. The molecule has 0 atom stereocenters. The number of aromatic nitrogens is 3. The highest BCUT2D eigenvalue weighted by atomic mass is 16.2. The molecule has 1 aromatic rings. The fourth-order valence-corrected chi connectivity index (χ4v) is 1.52. The lowest BCUT2D eigenvalue weighted by atomic mass is 10.2. The molecule has 2 N–H and O–H groups in total. The summed E-state index contributed by atoms with van der Waals surface area (Å²) < 4.78 is 0. The van der Waals surface area contributed by atoms with Crippen LogP contribution in [-0.4, -0.2) is 39.4 Å². The van der Waals surface area contributed by atoms with E-state index in [1.54, 1.807) is 0 Å². The van der Waals surface area contributed by atoms with E-state index in [-0.39, 0.29) is 5.91 Å². The number of amides is 1. The van der Waals surface area contributed by atoms with Crippen LogP contribution in [0.2, 0.25) is 0 Å². The number of carbonyl (C=O) groups is 1. The van der Waals surface area contributed by atoms with E-state index in [0.29, 0.717) is 5.69 Å². The maximum Gasteiger partial charge on any atom is 0.287 e. The summed E-state index contributed by atoms with van der Waals surface area (Å²) >= 11 is 0. The third-order valence-electron chi connectivity index (χ3n) is 2.26. The van der Waals surface area contributed by atoms with Gasteiger partial charge in [0, 0.05) is 13.1 Å². The van der Waals surface area contributed by atoms with Crippen molar-refractivity contribution >= 4 is 5.91 Å². The number of aromatic amines is 1. The number of carbonyl (C=O) groups excluding carboxylic acids is 1. The second-order valence-corrected chi connectivity index (χ2v) is 3.34. The van der Waals surface area contributed by atoms with Gasteiger partial charge in [0.15, 0.2) is 5.69 Å². The summed E-state index contributed by atoms with van der Waals surface area (Å²) in [5.74, 6) is -0.194. The van der Waals surface area contributed by atoms with E-state index in [2.05, 4.69) is 20.8 Å². The molecule has 2 rings (SSSR count). The van der Waals surface area contributed by atoms with Crippen molar-refractivity contribution in [2.24, 2.45) is 0 Å². The molecule has 2 heterocycles. The van der Waals surface area contributed by atoms with Crippen molar-refractivity contribution in [2.45, 2.75) is 19.3 Å². The molecular weight excluding hydrogens is 182 g/mol. The van der Waals surface area contributed by atoms with Crippen LogP contribution < -0.4 is 5.43 Å². The Kier molecular flexibility index (Phi) is 2.73. The zero-order valence-corrected chi connectivity index (χ0v) is 7.86. The van der Waals surface area contributed by atoms with Crippen LogP contribution in [0.3, 0.4) is 0 Å². The predicted octanol–water partition coefficient (Wildman–Crippen LogP) is -0.0646. The predicted molar refractivity (Wildman–Crippen MR) is 49.3 cm³/mol. The van der Waals surface area contributed by atoms with Crippen molar-refractivity contribution in [1.82, 2.24) is 25.8 Å². The third-order valence-corrected chi connectivity index (χ3v) is 2.26. The number of H-pyrrole nitrogens is 1. The van der Waals surface area contributed by atoms with Crippen LogP contribution in [0.4, 0.5) is 0 Å². The fraction of sp³-hybridized carbons (Fsp3) is 0.625. The molecule has 0 bridgehead atoms. The average Bonchev–Trinajstić information content (AvgIpc) is 2.72. The van der Waals surface area contributed by atoms with E-state index in [4.69, 9.17) is 0 Å². The highest BCUT2D eigenvalue weighted by molar-refractivity contribution is 5.91. The molecule has 1 saturated heterocycles. The van der Waals surface area contributed by atoms with Gasteiger partial charge in [-0.05, 0) is 12.8 Å². The average molecular weight is 195 g/mol. The first-order valence-electron chi connectivity index (χ1n) is 4.78. The Morgan fingerprint density at radius 2 is 2.21 bits per heavy atom. The van der Waals surface area contributed by atoms with E-state index in [9.17, 15) is 4.79 Å². The van der Waals surface area contributed by atoms with Gasteiger partial charge in [0.2, 0.25) is 0 Å². The minimum Gasteiger partial charge on any atom is -0.283 e. The first-order chi connectivity index (χ1) is 6.86. The van der Waals surface area contributed by atoms with Crippen LogP contribution >= 0.6 is 0 Å². The number of rotatable bonds is 2. The zero-order chi connectivity index (χ0) is 9.80. The summed E-state index contributed by atoms with van der Waals surface area (Å²) in [4.78, 5) is 11.5. The van der Waals surface area contributed by atoms with Gasteiger partial charge in [0.25, 0.3) is 5.91 Å². The Labute approximate surface area is 81.6 Å². The minimum atomic E-state index is -0.194. The van der Waals surface area contributed by atoms with Crippen molar-refractivity contribution < 1.29 is 4.79 Å². The second kappa shape index (κ2) is 4.19. The molecule has 1 aromatic heterocycles.